The number of carbonyl (C=O) groups excluding carboxylic acids is 1. The van der Waals surface area contributed by atoms with E-state index in [9.17, 15) is 4.79 Å². The van der Waals surface area contributed by atoms with Crippen molar-refractivity contribution in [1.82, 2.24) is 25.5 Å². The van der Waals surface area contributed by atoms with Gasteiger partial charge in [-0.25, -0.2) is 4.68 Å². The second-order valence-corrected chi connectivity index (χ2v) is 7.90. The molecule has 2 saturated carbocycles. The number of aromatic nitrogens is 4. The standard InChI is InChI=1S/C19H27N5O2/c1-12-9-17(26-22-12)11-24-13(2)18(21-23-24)19(25)20-16-8-7-14-5-3-4-6-15(14)10-16/h9,14-16H,3-8,10-11H2,1-2H3,(H,20,25). The largest absolute Gasteiger partial charge is 0.359 e. The maximum absolute atomic E-state index is 12.7. The minimum Gasteiger partial charge on any atom is -0.359 e. The van der Waals surface area contributed by atoms with Crippen LogP contribution in [0.4, 0.5) is 0 Å². The highest BCUT2D eigenvalue weighted by Crippen LogP contribution is 2.40. The van der Waals surface area contributed by atoms with E-state index in [1.54, 1.807) is 4.68 Å². The zero-order valence-electron chi connectivity index (χ0n) is 15.6. The molecule has 0 bridgehead atoms. The van der Waals surface area contributed by atoms with Crippen LogP contribution in [0.2, 0.25) is 0 Å². The topological polar surface area (TPSA) is 85.8 Å². The lowest BCUT2D eigenvalue weighted by atomic mass is 9.69. The number of hydrogen-bond acceptors (Lipinski definition) is 5. The third-order valence-electron chi connectivity index (χ3n) is 6.05. The Bertz CT molecular complexity index is 781. The molecule has 0 aromatic carbocycles. The van der Waals surface area contributed by atoms with Crippen molar-refractivity contribution in [2.75, 3.05) is 0 Å². The Labute approximate surface area is 153 Å². The van der Waals surface area contributed by atoms with Crippen LogP contribution in [-0.4, -0.2) is 32.1 Å². The zero-order chi connectivity index (χ0) is 18.1. The van der Waals surface area contributed by atoms with Crippen LogP contribution in [0, 0.1) is 25.7 Å². The fourth-order valence-corrected chi connectivity index (χ4v) is 4.62. The lowest BCUT2D eigenvalue weighted by molar-refractivity contribution is 0.0873. The summed E-state index contributed by atoms with van der Waals surface area (Å²) in [5.41, 5.74) is 1.99. The summed E-state index contributed by atoms with van der Waals surface area (Å²) >= 11 is 0. The quantitative estimate of drug-likeness (QED) is 0.909. The van der Waals surface area contributed by atoms with Crippen LogP contribution in [0.3, 0.4) is 0 Å². The van der Waals surface area contributed by atoms with Crippen LogP contribution in [0.5, 0.6) is 0 Å². The molecule has 0 saturated heterocycles. The van der Waals surface area contributed by atoms with Gasteiger partial charge in [-0.2, -0.15) is 0 Å². The van der Waals surface area contributed by atoms with E-state index >= 15 is 0 Å². The first-order chi connectivity index (χ1) is 12.6. The molecule has 7 heteroatoms. The molecule has 4 rings (SSSR count). The first-order valence-corrected chi connectivity index (χ1v) is 9.73. The van der Waals surface area contributed by atoms with Crippen molar-refractivity contribution in [2.24, 2.45) is 11.8 Å². The molecular weight excluding hydrogens is 330 g/mol. The van der Waals surface area contributed by atoms with E-state index in [1.165, 1.54) is 32.1 Å². The molecule has 0 radical (unpaired) electrons. The number of aryl methyl sites for hydroxylation is 1. The predicted molar refractivity (Wildman–Crippen MR) is 95.7 cm³/mol. The molecule has 2 aromatic rings. The molecule has 2 aliphatic rings. The van der Waals surface area contributed by atoms with Crippen molar-refractivity contribution in [3.63, 3.8) is 0 Å². The van der Waals surface area contributed by atoms with Crippen LogP contribution in [0.1, 0.15) is 72.6 Å². The van der Waals surface area contributed by atoms with Crippen molar-refractivity contribution >= 4 is 5.91 Å². The van der Waals surface area contributed by atoms with Gasteiger partial charge in [0.15, 0.2) is 11.5 Å². The van der Waals surface area contributed by atoms with Crippen LogP contribution in [-0.2, 0) is 6.54 Å². The summed E-state index contributed by atoms with van der Waals surface area (Å²) in [5, 5.41) is 15.3. The Morgan fingerprint density at radius 1 is 1.23 bits per heavy atom. The minimum atomic E-state index is -0.109. The molecule has 7 nitrogen and oxygen atoms in total. The van der Waals surface area contributed by atoms with E-state index < -0.39 is 0 Å². The molecule has 2 fully saturated rings. The maximum Gasteiger partial charge on any atom is 0.273 e. The SMILES string of the molecule is Cc1cc(Cn2nnc(C(=O)NC3CCC4CCCCC4C3)c2C)on1. The predicted octanol–water partition coefficient (Wildman–Crippen LogP) is 3.02. The van der Waals surface area contributed by atoms with Crippen LogP contribution in [0.15, 0.2) is 10.6 Å². The van der Waals surface area contributed by atoms with Gasteiger partial charge >= 0.3 is 0 Å². The van der Waals surface area contributed by atoms with E-state index in [-0.39, 0.29) is 11.9 Å². The van der Waals surface area contributed by atoms with E-state index in [2.05, 4.69) is 20.8 Å². The smallest absolute Gasteiger partial charge is 0.273 e. The van der Waals surface area contributed by atoms with E-state index in [4.69, 9.17) is 4.52 Å². The van der Waals surface area contributed by atoms with Gasteiger partial charge in [0.25, 0.3) is 5.91 Å². The van der Waals surface area contributed by atoms with E-state index in [1.807, 2.05) is 19.9 Å². The molecule has 1 amide bonds. The number of carbonyl (C=O) groups is 1. The van der Waals surface area contributed by atoms with E-state index in [0.717, 1.165) is 36.1 Å². The monoisotopic (exact) mass is 357 g/mol. The molecular formula is C19H27N5O2. The molecule has 3 unspecified atom stereocenters. The van der Waals surface area contributed by atoms with Gasteiger partial charge in [0.05, 0.1) is 11.4 Å². The lowest BCUT2D eigenvalue weighted by Gasteiger charge is -2.39. The number of nitrogens with zero attached hydrogens (tertiary/aromatic N) is 4. The summed E-state index contributed by atoms with van der Waals surface area (Å²) in [6, 6.07) is 2.13. The number of hydrogen-bond donors (Lipinski definition) is 1. The van der Waals surface area contributed by atoms with Gasteiger partial charge < -0.3 is 9.84 Å². The van der Waals surface area contributed by atoms with Crippen LogP contribution < -0.4 is 5.32 Å². The molecule has 0 spiro atoms. The van der Waals surface area contributed by atoms with Gasteiger partial charge in [0.2, 0.25) is 0 Å². The Morgan fingerprint density at radius 3 is 2.81 bits per heavy atom. The normalized spacial score (nSPS) is 25.7. The Kier molecular flexibility index (Phi) is 4.78. The number of rotatable bonds is 4. The van der Waals surface area contributed by atoms with Gasteiger partial charge in [0.1, 0.15) is 6.54 Å². The highest BCUT2D eigenvalue weighted by molar-refractivity contribution is 5.93. The highest BCUT2D eigenvalue weighted by Gasteiger charge is 2.33. The number of fused-ring (bicyclic) bond motifs is 1. The summed E-state index contributed by atoms with van der Waals surface area (Å²) < 4.78 is 6.91. The Morgan fingerprint density at radius 2 is 2.04 bits per heavy atom. The second-order valence-electron chi connectivity index (χ2n) is 7.90. The second kappa shape index (κ2) is 7.21. The third-order valence-corrected chi connectivity index (χ3v) is 6.05. The minimum absolute atomic E-state index is 0.109. The van der Waals surface area contributed by atoms with Crippen LogP contribution >= 0.6 is 0 Å². The molecule has 2 heterocycles. The Balaban J connectivity index is 1.39. The summed E-state index contributed by atoms with van der Waals surface area (Å²) in [5.74, 6) is 2.26. The van der Waals surface area contributed by atoms with Crippen LogP contribution in [0.25, 0.3) is 0 Å². The van der Waals surface area contributed by atoms with Gasteiger partial charge in [-0.1, -0.05) is 36.1 Å². The summed E-state index contributed by atoms with van der Waals surface area (Å²) in [4.78, 5) is 12.7. The summed E-state index contributed by atoms with van der Waals surface area (Å²) in [6.45, 7) is 4.18. The van der Waals surface area contributed by atoms with Gasteiger partial charge in [-0.15, -0.1) is 5.10 Å². The summed E-state index contributed by atoms with van der Waals surface area (Å²) in [6.07, 6.45) is 8.86. The lowest BCUT2D eigenvalue weighted by Crippen LogP contribution is -2.42. The molecule has 140 valence electrons. The van der Waals surface area contributed by atoms with Gasteiger partial charge in [-0.3, -0.25) is 4.79 Å². The fourth-order valence-electron chi connectivity index (χ4n) is 4.62. The molecule has 2 aromatic heterocycles. The van der Waals surface area contributed by atoms with Crippen molar-refractivity contribution in [3.8, 4) is 0 Å². The van der Waals surface area contributed by atoms with Crippen molar-refractivity contribution in [1.29, 1.82) is 0 Å². The first kappa shape index (κ1) is 17.2. The van der Waals surface area contributed by atoms with Gasteiger partial charge in [-0.05, 0) is 44.9 Å². The molecule has 0 aliphatic heterocycles. The van der Waals surface area contributed by atoms with Gasteiger partial charge in [0, 0.05) is 12.1 Å². The number of amides is 1. The first-order valence-electron chi connectivity index (χ1n) is 9.73. The molecule has 1 N–H and O–H groups in total. The average Bonchev–Trinajstić information content (AvgIpc) is 3.21. The van der Waals surface area contributed by atoms with Crippen molar-refractivity contribution in [2.45, 2.75) is 71.4 Å². The van der Waals surface area contributed by atoms with Crippen molar-refractivity contribution < 1.29 is 9.32 Å². The zero-order valence-corrected chi connectivity index (χ0v) is 15.6. The Hall–Kier alpha value is -2.18. The molecule has 26 heavy (non-hydrogen) atoms. The molecule has 2 aliphatic carbocycles. The summed E-state index contributed by atoms with van der Waals surface area (Å²) in [7, 11) is 0. The highest BCUT2D eigenvalue weighted by atomic mass is 16.5. The third kappa shape index (κ3) is 3.52. The molecule has 3 atom stereocenters. The van der Waals surface area contributed by atoms with Crippen molar-refractivity contribution in [3.05, 3.63) is 28.9 Å². The fraction of sp³-hybridized carbons (Fsp3) is 0.684. The van der Waals surface area contributed by atoms with E-state index in [0.29, 0.717) is 18.0 Å². The number of nitrogens with one attached hydrogen (secondary N) is 1. The average molecular weight is 357 g/mol. The maximum atomic E-state index is 12.7.